The summed E-state index contributed by atoms with van der Waals surface area (Å²) in [6.45, 7) is 1.21. The third-order valence-electron chi connectivity index (χ3n) is 6.30. The third-order valence-corrected chi connectivity index (χ3v) is 8.24. The van der Waals surface area contributed by atoms with Gasteiger partial charge < -0.3 is 10.2 Å². The van der Waals surface area contributed by atoms with Crippen molar-refractivity contribution < 1.29 is 9.00 Å². The van der Waals surface area contributed by atoms with Gasteiger partial charge in [0.25, 0.3) is 0 Å². The molecule has 6 nitrogen and oxygen atoms in total. The minimum atomic E-state index is -2.97. The monoisotopic (exact) mass is 424 g/mol. The molecule has 0 aromatic heterocycles. The van der Waals surface area contributed by atoms with Crippen molar-refractivity contribution >= 4 is 21.6 Å². The fourth-order valence-corrected chi connectivity index (χ4v) is 6.77. The number of hydrogen-bond donors (Lipinski definition) is 2. The number of rotatable bonds is 3. The van der Waals surface area contributed by atoms with E-state index in [1.54, 1.807) is 0 Å². The SMILES string of the molecule is CN(C)Cc1ccc2c(c1)S(=O)(=NC(=O)Nc1c3c(cc4c1CCC4)CCC3)NC2. The molecule has 7 heteroatoms. The maximum atomic E-state index is 13.6. The van der Waals surface area contributed by atoms with Crippen LogP contribution in [0.5, 0.6) is 0 Å². The smallest absolute Gasteiger partial charge is 0.305 e. The molecule has 2 aromatic carbocycles. The minimum Gasteiger partial charge on any atom is -0.305 e. The predicted molar refractivity (Wildman–Crippen MR) is 119 cm³/mol. The summed E-state index contributed by atoms with van der Waals surface area (Å²) in [6, 6.07) is 7.76. The molecule has 0 bridgehead atoms. The molecular formula is C23H28N4O2S. The molecule has 0 radical (unpaired) electrons. The number of hydrogen-bond acceptors (Lipinski definition) is 3. The third kappa shape index (κ3) is 3.45. The van der Waals surface area contributed by atoms with Gasteiger partial charge in [0.2, 0.25) is 0 Å². The second-order valence-electron chi connectivity index (χ2n) is 8.78. The first-order chi connectivity index (χ1) is 14.4. The topological polar surface area (TPSA) is 73.8 Å². The molecule has 2 amide bonds. The Morgan fingerprint density at radius 3 is 2.43 bits per heavy atom. The van der Waals surface area contributed by atoms with Gasteiger partial charge in [0.1, 0.15) is 9.92 Å². The number of amides is 2. The molecule has 3 aliphatic rings. The lowest BCUT2D eigenvalue weighted by atomic mass is 9.99. The van der Waals surface area contributed by atoms with Crippen LogP contribution in [0.4, 0.5) is 10.5 Å². The molecule has 0 saturated heterocycles. The zero-order chi connectivity index (χ0) is 20.9. The van der Waals surface area contributed by atoms with Crippen LogP contribution < -0.4 is 10.0 Å². The van der Waals surface area contributed by atoms with Crippen LogP contribution in [-0.4, -0.2) is 29.2 Å². The summed E-state index contributed by atoms with van der Waals surface area (Å²) >= 11 is 0. The van der Waals surface area contributed by atoms with Gasteiger partial charge in [-0.3, -0.25) is 0 Å². The standard InChI is InChI=1S/C23H28N4O2S/c1-27(2)14-15-9-10-18-13-24-30(29,21(18)11-15)26-23(28)25-22-19-7-3-5-16(19)12-17-6-4-8-20(17)22/h9-12H,3-8,13-14H2,1-2H3,(H2,24,25,26,28,29). The lowest BCUT2D eigenvalue weighted by Crippen LogP contribution is -2.20. The fourth-order valence-electron chi connectivity index (χ4n) is 5.01. The number of carbonyl (C=O) groups is 1. The first-order valence-electron chi connectivity index (χ1n) is 10.7. The second-order valence-corrected chi connectivity index (χ2v) is 10.7. The van der Waals surface area contributed by atoms with Crippen molar-refractivity contribution in [2.45, 2.75) is 56.5 Å². The molecule has 2 aliphatic carbocycles. The van der Waals surface area contributed by atoms with Gasteiger partial charge in [0.15, 0.2) is 0 Å². The van der Waals surface area contributed by atoms with E-state index in [0.29, 0.717) is 11.4 Å². The number of nitrogens with one attached hydrogen (secondary N) is 2. The van der Waals surface area contributed by atoms with Gasteiger partial charge in [0, 0.05) is 18.8 Å². The lowest BCUT2D eigenvalue weighted by molar-refractivity contribution is 0.260. The Morgan fingerprint density at radius 1 is 1.07 bits per heavy atom. The van der Waals surface area contributed by atoms with Crippen molar-refractivity contribution in [3.8, 4) is 0 Å². The van der Waals surface area contributed by atoms with Crippen LogP contribution in [0.15, 0.2) is 33.5 Å². The molecule has 5 rings (SSSR count). The summed E-state index contributed by atoms with van der Waals surface area (Å²) in [7, 11) is 1.02. The number of benzene rings is 2. The number of fused-ring (bicyclic) bond motifs is 3. The van der Waals surface area contributed by atoms with Gasteiger partial charge in [-0.15, -0.1) is 4.36 Å². The lowest BCUT2D eigenvalue weighted by Gasteiger charge is -2.15. The van der Waals surface area contributed by atoms with Crippen LogP contribution in [0.3, 0.4) is 0 Å². The van der Waals surface area contributed by atoms with Crippen LogP contribution in [0.1, 0.15) is 46.2 Å². The second kappa shape index (κ2) is 7.48. The normalized spacial score (nSPS) is 21.4. The predicted octanol–water partition coefficient (Wildman–Crippen LogP) is 3.80. The van der Waals surface area contributed by atoms with Crippen LogP contribution in [-0.2, 0) is 48.7 Å². The van der Waals surface area contributed by atoms with Gasteiger partial charge >= 0.3 is 6.03 Å². The number of nitrogens with zero attached hydrogens (tertiary/aromatic N) is 2. The molecule has 1 heterocycles. The Morgan fingerprint density at radius 2 is 1.77 bits per heavy atom. The number of urea groups is 1. The molecule has 1 unspecified atom stereocenters. The highest BCUT2D eigenvalue weighted by Crippen LogP contribution is 2.38. The van der Waals surface area contributed by atoms with E-state index in [0.717, 1.165) is 61.9 Å². The molecule has 30 heavy (non-hydrogen) atoms. The molecular weight excluding hydrogens is 396 g/mol. The van der Waals surface area contributed by atoms with E-state index in [4.69, 9.17) is 0 Å². The first kappa shape index (κ1) is 19.7. The zero-order valence-electron chi connectivity index (χ0n) is 17.6. The number of carbonyl (C=O) groups excluding carboxylic acids is 1. The average Bonchev–Trinajstić information content (AvgIpc) is 3.41. The summed E-state index contributed by atoms with van der Waals surface area (Å²) in [5, 5.41) is 3.04. The molecule has 0 fully saturated rings. The van der Waals surface area contributed by atoms with Crippen molar-refractivity contribution in [3.63, 3.8) is 0 Å². The summed E-state index contributed by atoms with van der Waals surface area (Å²) < 4.78 is 20.7. The van der Waals surface area contributed by atoms with E-state index < -0.39 is 15.9 Å². The highest BCUT2D eigenvalue weighted by Gasteiger charge is 2.28. The number of anilines is 1. The summed E-state index contributed by atoms with van der Waals surface area (Å²) in [6.07, 6.45) is 6.37. The Hall–Kier alpha value is -2.22. The highest BCUT2D eigenvalue weighted by atomic mass is 32.2. The van der Waals surface area contributed by atoms with Crippen LogP contribution in [0.25, 0.3) is 0 Å². The van der Waals surface area contributed by atoms with E-state index in [9.17, 15) is 9.00 Å². The van der Waals surface area contributed by atoms with Gasteiger partial charge in [-0.1, -0.05) is 18.2 Å². The van der Waals surface area contributed by atoms with Crippen LogP contribution in [0, 0.1) is 0 Å². The Balaban J connectivity index is 1.48. The Kier molecular flexibility index (Phi) is 4.92. The molecule has 158 valence electrons. The van der Waals surface area contributed by atoms with Crippen molar-refractivity contribution in [3.05, 3.63) is 57.6 Å². The van der Waals surface area contributed by atoms with Crippen molar-refractivity contribution in [1.82, 2.24) is 9.62 Å². The van der Waals surface area contributed by atoms with E-state index in [1.807, 2.05) is 32.3 Å². The Bertz CT molecular complexity index is 1130. The average molecular weight is 425 g/mol. The molecule has 2 aromatic rings. The largest absolute Gasteiger partial charge is 0.354 e. The van der Waals surface area contributed by atoms with Gasteiger partial charge in [0.05, 0.1) is 4.90 Å². The maximum Gasteiger partial charge on any atom is 0.354 e. The summed E-state index contributed by atoms with van der Waals surface area (Å²) in [5.41, 5.74) is 8.16. The quantitative estimate of drug-likeness (QED) is 0.787. The van der Waals surface area contributed by atoms with Gasteiger partial charge in [-0.25, -0.2) is 13.7 Å². The molecule has 1 atom stereocenters. The summed E-state index contributed by atoms with van der Waals surface area (Å²) in [4.78, 5) is 15.6. The molecule has 1 aliphatic heterocycles. The fraction of sp³-hybridized carbons (Fsp3) is 0.435. The minimum absolute atomic E-state index is 0.462. The van der Waals surface area contributed by atoms with Crippen LogP contribution >= 0.6 is 0 Å². The Labute approximate surface area is 178 Å². The first-order valence-corrected chi connectivity index (χ1v) is 12.2. The number of aryl methyl sites for hydroxylation is 2. The van der Waals surface area contributed by atoms with E-state index in [1.165, 1.54) is 22.3 Å². The van der Waals surface area contributed by atoms with Gasteiger partial charge in [-0.2, -0.15) is 0 Å². The van der Waals surface area contributed by atoms with E-state index in [-0.39, 0.29) is 0 Å². The van der Waals surface area contributed by atoms with Crippen molar-refractivity contribution in [1.29, 1.82) is 0 Å². The van der Waals surface area contributed by atoms with Crippen molar-refractivity contribution in [2.24, 2.45) is 4.36 Å². The van der Waals surface area contributed by atoms with E-state index >= 15 is 0 Å². The molecule has 0 spiro atoms. The maximum absolute atomic E-state index is 13.6. The van der Waals surface area contributed by atoms with Crippen molar-refractivity contribution in [2.75, 3.05) is 19.4 Å². The highest BCUT2D eigenvalue weighted by molar-refractivity contribution is 7.92. The zero-order valence-corrected chi connectivity index (χ0v) is 18.4. The van der Waals surface area contributed by atoms with E-state index in [2.05, 4.69) is 25.4 Å². The molecule has 0 saturated carbocycles. The summed E-state index contributed by atoms with van der Waals surface area (Å²) in [5.74, 6) is 0. The van der Waals surface area contributed by atoms with Crippen LogP contribution in [0.2, 0.25) is 0 Å². The van der Waals surface area contributed by atoms with Gasteiger partial charge in [-0.05, 0) is 92.1 Å². The molecule has 2 N–H and O–H groups in total.